The van der Waals surface area contributed by atoms with E-state index >= 15 is 0 Å². The van der Waals surface area contributed by atoms with Crippen molar-refractivity contribution in [3.05, 3.63) is 29.8 Å². The summed E-state index contributed by atoms with van der Waals surface area (Å²) in [6.45, 7) is -0.0423. The van der Waals surface area contributed by atoms with Crippen LogP contribution in [0.25, 0.3) is 0 Å². The maximum atomic E-state index is 13.5. The van der Waals surface area contributed by atoms with Crippen molar-refractivity contribution >= 4 is 17.5 Å². The number of carbonyl (C=O) groups excluding carboxylic acids is 2. The molecule has 0 spiro atoms. The van der Waals surface area contributed by atoms with Crippen molar-refractivity contribution in [3.63, 3.8) is 0 Å². The molecule has 1 aromatic carbocycles. The lowest BCUT2D eigenvalue weighted by Crippen LogP contribution is -2.42. The van der Waals surface area contributed by atoms with E-state index in [0.717, 1.165) is 43.4 Å². The predicted molar refractivity (Wildman–Crippen MR) is 110 cm³/mol. The molecule has 160 valence electrons. The minimum Gasteiger partial charge on any atom is -0.478 e. The quantitative estimate of drug-likeness (QED) is 0.700. The zero-order valence-electron chi connectivity index (χ0n) is 17.3. The van der Waals surface area contributed by atoms with Crippen LogP contribution in [-0.2, 0) is 14.4 Å². The Kier molecular flexibility index (Phi) is 4.31. The normalized spacial score (nSPS) is 36.1. The second-order valence-corrected chi connectivity index (χ2v) is 9.47. The summed E-state index contributed by atoms with van der Waals surface area (Å²) in [5, 5.41) is 13.3. The van der Waals surface area contributed by atoms with Gasteiger partial charge in [0.1, 0.15) is 17.9 Å². The number of para-hydroxylation sites is 1. The third kappa shape index (κ3) is 2.60. The molecule has 2 aliphatic heterocycles. The number of nitrogens with zero attached hydrogens (tertiary/aromatic N) is 3. The number of oxime groups is 1. The summed E-state index contributed by atoms with van der Waals surface area (Å²) in [4.78, 5) is 34.4. The molecule has 0 unspecified atom stereocenters. The summed E-state index contributed by atoms with van der Waals surface area (Å²) in [7, 11) is 0. The zero-order valence-corrected chi connectivity index (χ0v) is 17.3. The number of carbonyl (C=O) groups is 2. The summed E-state index contributed by atoms with van der Waals surface area (Å²) < 4.78 is 5.62. The number of ether oxygens (including phenoxy) is 1. The zero-order chi connectivity index (χ0) is 21.1. The van der Waals surface area contributed by atoms with Crippen LogP contribution in [0.15, 0.2) is 29.4 Å². The molecule has 4 fully saturated rings. The first-order valence-electron chi connectivity index (χ1n) is 11.4. The standard InChI is InChI=1S/C24H25N3O4/c25-10-11-30-17-9-5-4-8-14(17)21-20-15-12-16(22(20)31-26-21)19-18(15)23(28)27(24(19)29)13-6-2-1-3-7-13/h4-5,8-9,13,15-16,18-20,22H,1-3,6-7,11-12H2/t15-,16+,18-,19+,20-,22-/m1/s1. The van der Waals surface area contributed by atoms with E-state index in [1.54, 1.807) is 4.90 Å². The number of benzene rings is 1. The van der Waals surface area contributed by atoms with Crippen LogP contribution in [-0.4, -0.2) is 41.2 Å². The van der Waals surface area contributed by atoms with Crippen molar-refractivity contribution < 1.29 is 19.2 Å². The van der Waals surface area contributed by atoms with Crippen LogP contribution in [0.4, 0.5) is 0 Å². The van der Waals surface area contributed by atoms with Crippen molar-refractivity contribution in [2.75, 3.05) is 6.61 Å². The molecular formula is C24H25N3O4. The highest BCUT2D eigenvalue weighted by atomic mass is 16.6. The third-order valence-corrected chi connectivity index (χ3v) is 8.12. The van der Waals surface area contributed by atoms with Gasteiger partial charge < -0.3 is 9.57 Å². The molecule has 2 heterocycles. The number of rotatable bonds is 4. The summed E-state index contributed by atoms with van der Waals surface area (Å²) >= 11 is 0. The van der Waals surface area contributed by atoms with Gasteiger partial charge in [-0.15, -0.1) is 0 Å². The molecule has 6 atom stereocenters. The van der Waals surface area contributed by atoms with Gasteiger partial charge in [-0.1, -0.05) is 36.6 Å². The van der Waals surface area contributed by atoms with E-state index in [4.69, 9.17) is 14.8 Å². The Labute approximate surface area is 181 Å². The third-order valence-electron chi connectivity index (χ3n) is 8.12. The maximum absolute atomic E-state index is 13.5. The second kappa shape index (κ2) is 7.08. The molecule has 7 nitrogen and oxygen atoms in total. The fourth-order valence-corrected chi connectivity index (χ4v) is 6.98. The van der Waals surface area contributed by atoms with E-state index in [1.807, 2.05) is 30.3 Å². The first-order chi connectivity index (χ1) is 15.2. The molecule has 1 saturated heterocycles. The lowest BCUT2D eigenvalue weighted by molar-refractivity contribution is -0.144. The molecule has 1 aromatic rings. The van der Waals surface area contributed by atoms with Crippen molar-refractivity contribution in [3.8, 4) is 11.8 Å². The van der Waals surface area contributed by atoms with Gasteiger partial charge in [0.2, 0.25) is 11.8 Å². The molecule has 2 amide bonds. The van der Waals surface area contributed by atoms with Gasteiger partial charge in [-0.2, -0.15) is 5.26 Å². The van der Waals surface area contributed by atoms with Crippen LogP contribution in [0, 0.1) is 40.9 Å². The average Bonchev–Trinajstić information content (AvgIpc) is 3.53. The van der Waals surface area contributed by atoms with E-state index < -0.39 is 0 Å². The van der Waals surface area contributed by atoms with E-state index in [9.17, 15) is 9.59 Å². The van der Waals surface area contributed by atoms with Gasteiger partial charge in [0, 0.05) is 23.4 Å². The molecule has 0 N–H and O–H groups in total. The van der Waals surface area contributed by atoms with Gasteiger partial charge in [-0.3, -0.25) is 14.5 Å². The SMILES string of the molecule is N#CCOc1ccccc1C1=NO[C@@H]2[C@H]3C[C@H]([C@H]4C(=O)N(C5CCCCC5)C(=O)[C@@H]34)[C@H]12. The van der Waals surface area contributed by atoms with Crippen molar-refractivity contribution in [2.24, 2.45) is 34.7 Å². The fraction of sp³-hybridized carbons (Fsp3) is 0.583. The largest absolute Gasteiger partial charge is 0.478 e. The topological polar surface area (TPSA) is 92.0 Å². The Balaban J connectivity index is 1.30. The Bertz CT molecular complexity index is 1010. The summed E-state index contributed by atoms with van der Waals surface area (Å²) in [5.41, 5.74) is 1.61. The van der Waals surface area contributed by atoms with Crippen LogP contribution in [0.2, 0.25) is 0 Å². The Morgan fingerprint density at radius 3 is 2.58 bits per heavy atom. The first-order valence-corrected chi connectivity index (χ1v) is 11.4. The number of likely N-dealkylation sites (tertiary alicyclic amines) is 1. The van der Waals surface area contributed by atoms with E-state index in [0.29, 0.717) is 5.75 Å². The Morgan fingerprint density at radius 2 is 1.81 bits per heavy atom. The number of amides is 2. The fourth-order valence-electron chi connectivity index (χ4n) is 6.98. The summed E-state index contributed by atoms with van der Waals surface area (Å²) in [6, 6.07) is 9.61. The molecule has 6 rings (SSSR count). The minimum atomic E-state index is -0.250. The highest BCUT2D eigenvalue weighted by Crippen LogP contribution is 2.62. The summed E-state index contributed by atoms with van der Waals surface area (Å²) in [6.07, 6.45) is 5.92. The van der Waals surface area contributed by atoms with E-state index in [-0.39, 0.29) is 60.2 Å². The van der Waals surface area contributed by atoms with Crippen LogP contribution < -0.4 is 4.74 Å². The Morgan fingerprint density at radius 1 is 1.06 bits per heavy atom. The molecule has 0 aromatic heterocycles. The number of hydrogen-bond donors (Lipinski definition) is 0. The Hall–Kier alpha value is -2.88. The van der Waals surface area contributed by atoms with Crippen molar-refractivity contribution in [1.82, 2.24) is 4.90 Å². The van der Waals surface area contributed by atoms with Crippen LogP contribution >= 0.6 is 0 Å². The molecule has 5 aliphatic rings. The number of hydrogen-bond acceptors (Lipinski definition) is 6. The average molecular weight is 419 g/mol. The first kappa shape index (κ1) is 18.9. The molecule has 7 heteroatoms. The molecule has 31 heavy (non-hydrogen) atoms. The highest BCUT2D eigenvalue weighted by molar-refractivity contribution is 6.09. The van der Waals surface area contributed by atoms with Crippen molar-refractivity contribution in [1.29, 1.82) is 5.26 Å². The molecule has 0 radical (unpaired) electrons. The predicted octanol–water partition coefficient (Wildman–Crippen LogP) is 2.89. The maximum Gasteiger partial charge on any atom is 0.233 e. The smallest absolute Gasteiger partial charge is 0.233 e. The number of fused-ring (bicyclic) bond motifs is 8. The molecular weight excluding hydrogens is 394 g/mol. The summed E-state index contributed by atoms with van der Waals surface area (Å²) in [5.74, 6) is 0.259. The lowest BCUT2D eigenvalue weighted by Gasteiger charge is -2.30. The van der Waals surface area contributed by atoms with E-state index in [2.05, 4.69) is 5.16 Å². The van der Waals surface area contributed by atoms with Crippen molar-refractivity contribution in [2.45, 2.75) is 50.7 Å². The van der Waals surface area contributed by atoms with Gasteiger partial charge in [-0.05, 0) is 37.3 Å². The van der Waals surface area contributed by atoms with Gasteiger partial charge in [0.25, 0.3) is 0 Å². The minimum absolute atomic E-state index is 0.0128. The molecule has 2 bridgehead atoms. The van der Waals surface area contributed by atoms with E-state index in [1.165, 1.54) is 6.42 Å². The van der Waals surface area contributed by atoms with Crippen LogP contribution in [0.3, 0.4) is 0 Å². The molecule has 3 aliphatic carbocycles. The van der Waals surface area contributed by atoms with Gasteiger partial charge >= 0.3 is 0 Å². The second-order valence-electron chi connectivity index (χ2n) is 9.47. The number of nitriles is 1. The number of imide groups is 1. The lowest BCUT2D eigenvalue weighted by atomic mass is 9.71. The highest BCUT2D eigenvalue weighted by Gasteiger charge is 2.70. The van der Waals surface area contributed by atoms with Gasteiger partial charge in [0.15, 0.2) is 6.61 Å². The van der Waals surface area contributed by atoms with Crippen LogP contribution in [0.5, 0.6) is 5.75 Å². The molecule has 3 saturated carbocycles. The van der Waals surface area contributed by atoms with Gasteiger partial charge in [0.05, 0.1) is 17.5 Å². The van der Waals surface area contributed by atoms with Crippen LogP contribution in [0.1, 0.15) is 44.1 Å². The monoisotopic (exact) mass is 419 g/mol. The van der Waals surface area contributed by atoms with Gasteiger partial charge in [-0.25, -0.2) is 0 Å².